The molecule has 1 fully saturated rings. The number of fused-ring (bicyclic) bond motifs is 2. The van der Waals surface area contributed by atoms with Crippen LogP contribution >= 0.6 is 0 Å². The van der Waals surface area contributed by atoms with E-state index in [1.54, 1.807) is 0 Å². The molecule has 0 bridgehead atoms. The van der Waals surface area contributed by atoms with Crippen LogP contribution in [0.5, 0.6) is 0 Å². The molecule has 2 heterocycles. The first kappa shape index (κ1) is 17.9. The molecule has 5 heteroatoms. The molecule has 5 rings (SSSR count). The van der Waals surface area contributed by atoms with Crippen LogP contribution in [0.15, 0.2) is 54.6 Å². The number of rotatable bonds is 6. The van der Waals surface area contributed by atoms with Crippen LogP contribution in [0, 0.1) is 6.92 Å². The van der Waals surface area contributed by atoms with Crippen molar-refractivity contribution in [3.05, 3.63) is 71.7 Å². The van der Waals surface area contributed by atoms with Crippen LogP contribution in [0.25, 0.3) is 21.9 Å². The molecule has 0 aliphatic heterocycles. The lowest BCUT2D eigenvalue weighted by Crippen LogP contribution is -2.26. The molecule has 0 unspecified atom stereocenters. The summed E-state index contributed by atoms with van der Waals surface area (Å²) in [6.07, 6.45) is 3.20. The zero-order chi connectivity index (χ0) is 19.8. The monoisotopic (exact) mass is 384 g/mol. The van der Waals surface area contributed by atoms with Crippen LogP contribution in [0.2, 0.25) is 0 Å². The molecule has 1 aliphatic carbocycles. The van der Waals surface area contributed by atoms with Crippen molar-refractivity contribution in [3.63, 3.8) is 0 Å². The van der Waals surface area contributed by atoms with E-state index in [4.69, 9.17) is 4.98 Å². The summed E-state index contributed by atoms with van der Waals surface area (Å²) in [5.41, 5.74) is 4.86. The summed E-state index contributed by atoms with van der Waals surface area (Å²) >= 11 is 0. The minimum atomic E-state index is -0.0160. The van der Waals surface area contributed by atoms with Crippen LogP contribution in [0.4, 0.5) is 0 Å². The molecule has 1 saturated carbocycles. The second-order valence-electron chi connectivity index (χ2n) is 7.79. The largest absolute Gasteiger partial charge is 0.352 e. The fraction of sp³-hybridized carbons (Fsp3) is 0.292. The normalized spacial score (nSPS) is 13.8. The molecule has 2 aromatic carbocycles. The van der Waals surface area contributed by atoms with Crippen molar-refractivity contribution in [2.24, 2.45) is 0 Å². The maximum absolute atomic E-state index is 12.9. The Labute approximate surface area is 169 Å². The SMILES string of the molecule is Cc1nc2ccccc2n1CCCNC(=O)c1cc(C2CC2)nc2ccccc12. The van der Waals surface area contributed by atoms with Crippen LogP contribution in [-0.2, 0) is 6.54 Å². The molecule has 0 saturated heterocycles. The van der Waals surface area contributed by atoms with Crippen LogP contribution in [0.1, 0.15) is 47.1 Å². The van der Waals surface area contributed by atoms with Crippen molar-refractivity contribution in [1.82, 2.24) is 19.9 Å². The summed E-state index contributed by atoms with van der Waals surface area (Å²) in [5.74, 6) is 1.51. The molecule has 29 heavy (non-hydrogen) atoms. The number of hydrogen-bond acceptors (Lipinski definition) is 3. The third-order valence-corrected chi connectivity index (χ3v) is 5.67. The third-order valence-electron chi connectivity index (χ3n) is 5.67. The summed E-state index contributed by atoms with van der Waals surface area (Å²) in [4.78, 5) is 22.3. The first-order chi connectivity index (χ1) is 14.2. The predicted molar refractivity (Wildman–Crippen MR) is 115 cm³/mol. The number of para-hydroxylation sites is 3. The standard InChI is InChI=1S/C24H24N4O/c1-16-26-21-9-4-5-10-23(21)28(16)14-6-13-25-24(29)19-15-22(17-11-12-17)27-20-8-3-2-7-18(19)20/h2-5,7-10,15,17H,6,11-14H2,1H3,(H,25,29). The molecule has 0 spiro atoms. The average molecular weight is 384 g/mol. The molecule has 1 aliphatic rings. The van der Waals surface area contributed by atoms with Gasteiger partial charge in [-0.1, -0.05) is 30.3 Å². The fourth-order valence-electron chi connectivity index (χ4n) is 3.98. The molecule has 146 valence electrons. The van der Waals surface area contributed by atoms with Crippen molar-refractivity contribution in [1.29, 1.82) is 0 Å². The van der Waals surface area contributed by atoms with Gasteiger partial charge in [0.15, 0.2) is 0 Å². The van der Waals surface area contributed by atoms with E-state index in [0.717, 1.165) is 52.0 Å². The van der Waals surface area contributed by atoms with E-state index >= 15 is 0 Å². The Morgan fingerprint density at radius 3 is 2.66 bits per heavy atom. The predicted octanol–water partition coefficient (Wildman–Crippen LogP) is 4.59. The molecule has 1 amide bonds. The number of aryl methyl sites for hydroxylation is 2. The van der Waals surface area contributed by atoms with Crippen LogP contribution in [0.3, 0.4) is 0 Å². The van der Waals surface area contributed by atoms with E-state index in [1.165, 1.54) is 12.8 Å². The van der Waals surface area contributed by atoms with E-state index in [-0.39, 0.29) is 5.91 Å². The number of amides is 1. The Hall–Kier alpha value is -3.21. The zero-order valence-electron chi connectivity index (χ0n) is 16.6. The Balaban J connectivity index is 1.29. The van der Waals surface area contributed by atoms with Crippen molar-refractivity contribution in [3.8, 4) is 0 Å². The van der Waals surface area contributed by atoms with Crippen LogP contribution in [-0.4, -0.2) is 27.0 Å². The van der Waals surface area contributed by atoms with Gasteiger partial charge in [0.2, 0.25) is 0 Å². The van der Waals surface area contributed by atoms with Gasteiger partial charge in [-0.05, 0) is 50.5 Å². The number of hydrogen-bond donors (Lipinski definition) is 1. The average Bonchev–Trinajstić information content (AvgIpc) is 3.54. The highest BCUT2D eigenvalue weighted by atomic mass is 16.1. The molecular weight excluding hydrogens is 360 g/mol. The lowest BCUT2D eigenvalue weighted by molar-refractivity contribution is 0.0954. The van der Waals surface area contributed by atoms with Crippen molar-refractivity contribution >= 4 is 27.8 Å². The van der Waals surface area contributed by atoms with Gasteiger partial charge in [0.1, 0.15) is 5.82 Å². The number of carbonyl (C=O) groups excluding carboxylic acids is 1. The summed E-state index contributed by atoms with van der Waals surface area (Å²) < 4.78 is 2.22. The Kier molecular flexibility index (Phi) is 4.51. The van der Waals surface area contributed by atoms with Gasteiger partial charge in [0.05, 0.1) is 22.1 Å². The van der Waals surface area contributed by atoms with E-state index in [9.17, 15) is 4.79 Å². The minimum absolute atomic E-state index is 0.0160. The highest BCUT2D eigenvalue weighted by molar-refractivity contribution is 6.06. The Bertz CT molecular complexity index is 1210. The number of carbonyl (C=O) groups is 1. The highest BCUT2D eigenvalue weighted by Gasteiger charge is 2.26. The zero-order valence-corrected chi connectivity index (χ0v) is 16.6. The fourth-order valence-corrected chi connectivity index (χ4v) is 3.98. The highest BCUT2D eigenvalue weighted by Crippen LogP contribution is 2.40. The first-order valence-corrected chi connectivity index (χ1v) is 10.3. The van der Waals surface area contributed by atoms with Gasteiger partial charge in [0, 0.05) is 30.1 Å². The summed E-state index contributed by atoms with van der Waals surface area (Å²) in [5, 5.41) is 4.03. The van der Waals surface area contributed by atoms with E-state index in [0.29, 0.717) is 12.5 Å². The van der Waals surface area contributed by atoms with E-state index < -0.39 is 0 Å². The molecule has 2 aromatic heterocycles. The Morgan fingerprint density at radius 2 is 1.83 bits per heavy atom. The van der Waals surface area contributed by atoms with Gasteiger partial charge in [-0.15, -0.1) is 0 Å². The third kappa shape index (κ3) is 3.48. The summed E-state index contributed by atoms with van der Waals surface area (Å²) in [6, 6.07) is 18.1. The van der Waals surface area contributed by atoms with Crippen molar-refractivity contribution < 1.29 is 4.79 Å². The minimum Gasteiger partial charge on any atom is -0.352 e. The van der Waals surface area contributed by atoms with Gasteiger partial charge in [-0.2, -0.15) is 0 Å². The van der Waals surface area contributed by atoms with Gasteiger partial charge < -0.3 is 9.88 Å². The molecular formula is C24H24N4O. The second kappa shape index (κ2) is 7.32. The topological polar surface area (TPSA) is 59.8 Å². The van der Waals surface area contributed by atoms with Gasteiger partial charge >= 0.3 is 0 Å². The molecule has 5 nitrogen and oxygen atoms in total. The van der Waals surface area contributed by atoms with Gasteiger partial charge in [-0.25, -0.2) is 4.98 Å². The van der Waals surface area contributed by atoms with Crippen molar-refractivity contribution in [2.75, 3.05) is 6.54 Å². The number of pyridine rings is 1. The molecule has 1 N–H and O–H groups in total. The number of benzene rings is 2. The van der Waals surface area contributed by atoms with Crippen molar-refractivity contribution in [2.45, 2.75) is 38.6 Å². The number of nitrogens with zero attached hydrogens (tertiary/aromatic N) is 3. The summed E-state index contributed by atoms with van der Waals surface area (Å²) in [6.45, 7) is 3.48. The quantitative estimate of drug-likeness (QED) is 0.495. The number of aromatic nitrogens is 3. The summed E-state index contributed by atoms with van der Waals surface area (Å²) in [7, 11) is 0. The Morgan fingerprint density at radius 1 is 1.07 bits per heavy atom. The van der Waals surface area contributed by atoms with Gasteiger partial charge in [0.25, 0.3) is 5.91 Å². The lowest BCUT2D eigenvalue weighted by atomic mass is 10.1. The van der Waals surface area contributed by atoms with E-state index in [1.807, 2.05) is 55.5 Å². The van der Waals surface area contributed by atoms with Gasteiger partial charge in [-0.3, -0.25) is 9.78 Å². The molecule has 0 radical (unpaired) electrons. The maximum atomic E-state index is 12.9. The first-order valence-electron chi connectivity index (χ1n) is 10.3. The number of nitrogens with one attached hydrogen (secondary N) is 1. The van der Waals surface area contributed by atoms with Crippen LogP contribution < -0.4 is 5.32 Å². The lowest BCUT2D eigenvalue weighted by Gasteiger charge is -2.11. The number of imidazole rings is 1. The molecule has 4 aromatic rings. The van der Waals surface area contributed by atoms with E-state index in [2.05, 4.69) is 20.9 Å². The smallest absolute Gasteiger partial charge is 0.252 e. The maximum Gasteiger partial charge on any atom is 0.252 e. The molecule has 0 atom stereocenters. The second-order valence-corrected chi connectivity index (χ2v) is 7.79.